The van der Waals surface area contributed by atoms with Crippen molar-refractivity contribution in [1.82, 2.24) is 4.90 Å². The van der Waals surface area contributed by atoms with Gasteiger partial charge in [-0.3, -0.25) is 4.79 Å². The predicted molar refractivity (Wildman–Crippen MR) is 74.9 cm³/mol. The number of morpholine rings is 1. The highest BCUT2D eigenvalue weighted by Crippen LogP contribution is 2.16. The van der Waals surface area contributed by atoms with Crippen molar-refractivity contribution in [2.45, 2.75) is 39.0 Å². The Morgan fingerprint density at radius 2 is 2.05 bits per heavy atom. The Kier molecular flexibility index (Phi) is 4.56. The maximum absolute atomic E-state index is 12.4. The first kappa shape index (κ1) is 14.0. The van der Waals surface area contributed by atoms with Gasteiger partial charge in [0.1, 0.15) is 0 Å². The van der Waals surface area contributed by atoms with Gasteiger partial charge in [-0.1, -0.05) is 19.1 Å². The average Bonchev–Trinajstić information content (AvgIpc) is 2.46. The Morgan fingerprint density at radius 3 is 2.63 bits per heavy atom. The van der Waals surface area contributed by atoms with Crippen LogP contribution in [0.3, 0.4) is 0 Å². The smallest absolute Gasteiger partial charge is 0.254 e. The summed E-state index contributed by atoms with van der Waals surface area (Å²) in [6.07, 6.45) is 1.18. The van der Waals surface area contributed by atoms with Gasteiger partial charge in [-0.25, -0.2) is 0 Å². The molecule has 1 aromatic carbocycles. The van der Waals surface area contributed by atoms with Gasteiger partial charge in [0.2, 0.25) is 0 Å². The van der Waals surface area contributed by atoms with E-state index in [2.05, 4.69) is 6.92 Å². The molecule has 0 spiro atoms. The molecule has 2 rings (SSSR count). The monoisotopic (exact) mass is 262 g/mol. The lowest BCUT2D eigenvalue weighted by atomic mass is 10.1. The van der Waals surface area contributed by atoms with E-state index in [0.29, 0.717) is 19.6 Å². The maximum atomic E-state index is 12.4. The average molecular weight is 262 g/mol. The van der Waals surface area contributed by atoms with E-state index in [-0.39, 0.29) is 18.1 Å². The second-order valence-electron chi connectivity index (χ2n) is 5.09. The summed E-state index contributed by atoms with van der Waals surface area (Å²) in [7, 11) is 0. The Hall–Kier alpha value is -1.39. The summed E-state index contributed by atoms with van der Waals surface area (Å²) < 4.78 is 5.78. The van der Waals surface area contributed by atoms with Gasteiger partial charge in [-0.15, -0.1) is 0 Å². The van der Waals surface area contributed by atoms with Gasteiger partial charge in [-0.05, 0) is 31.0 Å². The highest BCUT2D eigenvalue weighted by Gasteiger charge is 2.27. The van der Waals surface area contributed by atoms with Crippen molar-refractivity contribution >= 4 is 5.91 Å². The van der Waals surface area contributed by atoms with E-state index < -0.39 is 0 Å². The van der Waals surface area contributed by atoms with Crippen LogP contribution in [0.4, 0.5) is 0 Å². The number of rotatable bonds is 3. The maximum Gasteiger partial charge on any atom is 0.254 e. The third kappa shape index (κ3) is 3.33. The fourth-order valence-corrected chi connectivity index (χ4v) is 2.40. The lowest BCUT2D eigenvalue weighted by Gasteiger charge is -2.36. The molecule has 104 valence electrons. The zero-order valence-electron chi connectivity index (χ0n) is 11.6. The summed E-state index contributed by atoms with van der Waals surface area (Å²) in [4.78, 5) is 14.3. The van der Waals surface area contributed by atoms with Crippen molar-refractivity contribution in [3.8, 4) is 0 Å². The van der Waals surface area contributed by atoms with Crippen molar-refractivity contribution in [2.24, 2.45) is 5.73 Å². The first-order chi connectivity index (χ1) is 9.13. The van der Waals surface area contributed by atoms with Crippen LogP contribution in [0.5, 0.6) is 0 Å². The van der Waals surface area contributed by atoms with Gasteiger partial charge < -0.3 is 15.4 Å². The molecule has 1 aliphatic rings. The van der Waals surface area contributed by atoms with E-state index in [0.717, 1.165) is 17.5 Å². The second kappa shape index (κ2) is 6.17. The number of benzene rings is 1. The van der Waals surface area contributed by atoms with Crippen molar-refractivity contribution in [3.05, 3.63) is 35.4 Å². The van der Waals surface area contributed by atoms with Gasteiger partial charge in [-0.2, -0.15) is 0 Å². The molecule has 1 heterocycles. The Bertz CT molecular complexity index is 430. The summed E-state index contributed by atoms with van der Waals surface area (Å²) in [6.45, 7) is 5.94. The molecule has 2 atom stereocenters. The van der Waals surface area contributed by atoms with Crippen molar-refractivity contribution in [3.63, 3.8) is 0 Å². The van der Waals surface area contributed by atoms with Gasteiger partial charge in [0, 0.05) is 25.2 Å². The fraction of sp³-hybridized carbons (Fsp3) is 0.533. The lowest BCUT2D eigenvalue weighted by molar-refractivity contribution is -0.0681. The molecule has 1 fully saturated rings. The number of carbonyl (C=O) groups is 1. The SMILES string of the molecule is CC[C@H]1CN(C(=O)c2ccc(CN)cc2)C[C@@H](C)O1. The van der Waals surface area contributed by atoms with Crippen LogP contribution in [-0.2, 0) is 11.3 Å². The highest BCUT2D eigenvalue weighted by atomic mass is 16.5. The summed E-state index contributed by atoms with van der Waals surface area (Å²) in [6, 6.07) is 7.53. The molecular weight excluding hydrogens is 240 g/mol. The molecule has 1 saturated heterocycles. The molecule has 0 unspecified atom stereocenters. The van der Waals surface area contributed by atoms with Crippen LogP contribution in [0.2, 0.25) is 0 Å². The standard InChI is InChI=1S/C15H22N2O2/c1-3-14-10-17(9-11(2)19-14)15(18)13-6-4-12(8-16)5-7-13/h4-7,11,14H,3,8-10,16H2,1-2H3/t11-,14+/m1/s1. The molecule has 1 aromatic rings. The Balaban J connectivity index is 2.09. The van der Waals surface area contributed by atoms with Crippen LogP contribution in [0, 0.1) is 0 Å². The quantitative estimate of drug-likeness (QED) is 0.903. The predicted octanol–water partition coefficient (Wildman–Crippen LogP) is 1.78. The normalized spacial score (nSPS) is 23.4. The number of hydrogen-bond donors (Lipinski definition) is 1. The molecule has 0 bridgehead atoms. The van der Waals surface area contributed by atoms with E-state index in [1.165, 1.54) is 0 Å². The minimum absolute atomic E-state index is 0.0807. The first-order valence-electron chi connectivity index (χ1n) is 6.87. The van der Waals surface area contributed by atoms with Crippen LogP contribution in [-0.4, -0.2) is 36.1 Å². The van der Waals surface area contributed by atoms with Gasteiger partial charge >= 0.3 is 0 Å². The van der Waals surface area contributed by atoms with E-state index in [1.54, 1.807) is 0 Å². The van der Waals surface area contributed by atoms with Gasteiger partial charge in [0.25, 0.3) is 5.91 Å². The molecule has 19 heavy (non-hydrogen) atoms. The lowest BCUT2D eigenvalue weighted by Crippen LogP contribution is -2.48. The summed E-state index contributed by atoms with van der Waals surface area (Å²) in [5, 5.41) is 0. The topological polar surface area (TPSA) is 55.6 Å². The number of nitrogens with zero attached hydrogens (tertiary/aromatic N) is 1. The van der Waals surface area contributed by atoms with Crippen LogP contribution >= 0.6 is 0 Å². The largest absolute Gasteiger partial charge is 0.372 e. The molecule has 4 nitrogen and oxygen atoms in total. The summed E-state index contributed by atoms with van der Waals surface area (Å²) >= 11 is 0. The van der Waals surface area contributed by atoms with Gasteiger partial charge in [0.05, 0.1) is 12.2 Å². The van der Waals surface area contributed by atoms with Crippen LogP contribution in [0.25, 0.3) is 0 Å². The molecule has 0 saturated carbocycles. The molecule has 0 aromatic heterocycles. The number of hydrogen-bond acceptors (Lipinski definition) is 3. The minimum atomic E-state index is 0.0807. The van der Waals surface area contributed by atoms with E-state index in [9.17, 15) is 4.79 Å². The van der Waals surface area contributed by atoms with E-state index >= 15 is 0 Å². The van der Waals surface area contributed by atoms with Crippen molar-refractivity contribution in [1.29, 1.82) is 0 Å². The Morgan fingerprint density at radius 1 is 1.37 bits per heavy atom. The summed E-state index contributed by atoms with van der Waals surface area (Å²) in [5.41, 5.74) is 7.32. The minimum Gasteiger partial charge on any atom is -0.372 e. The van der Waals surface area contributed by atoms with E-state index in [1.807, 2.05) is 36.1 Å². The van der Waals surface area contributed by atoms with Crippen LogP contribution in [0.15, 0.2) is 24.3 Å². The highest BCUT2D eigenvalue weighted by molar-refractivity contribution is 5.94. The van der Waals surface area contributed by atoms with E-state index in [4.69, 9.17) is 10.5 Å². The molecule has 0 aliphatic carbocycles. The van der Waals surface area contributed by atoms with Crippen LogP contribution in [0.1, 0.15) is 36.2 Å². The molecule has 4 heteroatoms. The van der Waals surface area contributed by atoms with Gasteiger partial charge in [0.15, 0.2) is 0 Å². The number of carbonyl (C=O) groups excluding carboxylic acids is 1. The second-order valence-corrected chi connectivity index (χ2v) is 5.09. The molecule has 2 N–H and O–H groups in total. The van der Waals surface area contributed by atoms with Crippen molar-refractivity contribution in [2.75, 3.05) is 13.1 Å². The molecular formula is C15H22N2O2. The zero-order valence-corrected chi connectivity index (χ0v) is 11.6. The first-order valence-corrected chi connectivity index (χ1v) is 6.87. The molecule has 0 radical (unpaired) electrons. The van der Waals surface area contributed by atoms with Crippen LogP contribution < -0.4 is 5.73 Å². The number of amides is 1. The number of ether oxygens (including phenoxy) is 1. The zero-order chi connectivity index (χ0) is 13.8. The fourth-order valence-electron chi connectivity index (χ4n) is 2.40. The summed E-state index contributed by atoms with van der Waals surface area (Å²) in [5.74, 6) is 0.0807. The third-order valence-corrected chi connectivity index (χ3v) is 3.51. The third-order valence-electron chi connectivity index (χ3n) is 3.51. The van der Waals surface area contributed by atoms with Crippen molar-refractivity contribution < 1.29 is 9.53 Å². The number of nitrogens with two attached hydrogens (primary N) is 1. The Labute approximate surface area is 114 Å². The molecule has 1 aliphatic heterocycles. The molecule has 1 amide bonds.